The van der Waals surface area contributed by atoms with E-state index in [0.717, 1.165) is 10.5 Å². The summed E-state index contributed by atoms with van der Waals surface area (Å²) >= 11 is 6.13. The van der Waals surface area contributed by atoms with Crippen LogP contribution in [0.1, 0.15) is 5.56 Å². The van der Waals surface area contributed by atoms with Crippen molar-refractivity contribution in [2.75, 3.05) is 16.8 Å². The van der Waals surface area contributed by atoms with Gasteiger partial charge in [0.05, 0.1) is 5.69 Å². The van der Waals surface area contributed by atoms with Crippen LogP contribution in [0, 0.1) is 6.92 Å². The molecule has 1 saturated heterocycles. The number of fused-ring (bicyclic) bond motifs is 1. The molecule has 2 atom stereocenters. The molecule has 0 unspecified atom stereocenters. The molecule has 2 aromatic rings. The summed E-state index contributed by atoms with van der Waals surface area (Å²) in [4.78, 5) is 39.0. The van der Waals surface area contributed by atoms with Gasteiger partial charge in [0.15, 0.2) is 12.1 Å². The molecule has 1 fully saturated rings. The summed E-state index contributed by atoms with van der Waals surface area (Å²) in [6.07, 6.45) is 0. The quantitative estimate of drug-likeness (QED) is 0.802. The summed E-state index contributed by atoms with van der Waals surface area (Å²) in [6.45, 7) is 1.64. The molecular formula is C19H16ClN5O3. The molecule has 2 aromatic carbocycles. The van der Waals surface area contributed by atoms with Crippen LogP contribution in [0.15, 0.2) is 58.9 Å². The summed E-state index contributed by atoms with van der Waals surface area (Å²) in [6, 6.07) is 12.0. The maximum absolute atomic E-state index is 12.9. The standard InChI is InChI=1S/C19H16ClN5O3/c1-11-7-8-13(9-14(11)20)25-18(27)16-17(19(25)28)24(23-22-16)10-15(26)21-12-5-3-2-4-6-12/h2-9,16-17H,10H2,1H3,(H,21,26)/t16-,17+/m1/s1. The molecule has 2 aliphatic heterocycles. The largest absolute Gasteiger partial charge is 0.324 e. The van der Waals surface area contributed by atoms with Crippen molar-refractivity contribution in [3.63, 3.8) is 0 Å². The zero-order valence-electron chi connectivity index (χ0n) is 14.9. The Morgan fingerprint density at radius 1 is 1.14 bits per heavy atom. The molecule has 4 rings (SSSR count). The Morgan fingerprint density at radius 3 is 2.61 bits per heavy atom. The van der Waals surface area contributed by atoms with Gasteiger partial charge in [0.1, 0.15) is 6.54 Å². The zero-order chi connectivity index (χ0) is 19.8. The Bertz CT molecular complexity index is 994. The second-order valence-electron chi connectivity index (χ2n) is 6.55. The second-order valence-corrected chi connectivity index (χ2v) is 6.96. The van der Waals surface area contributed by atoms with Crippen molar-refractivity contribution >= 4 is 40.7 Å². The molecule has 0 bridgehead atoms. The highest BCUT2D eigenvalue weighted by Gasteiger charge is 2.55. The lowest BCUT2D eigenvalue weighted by atomic mass is 10.1. The fourth-order valence-electron chi connectivity index (χ4n) is 3.20. The highest BCUT2D eigenvalue weighted by molar-refractivity contribution is 6.32. The van der Waals surface area contributed by atoms with Gasteiger partial charge in [0.25, 0.3) is 11.8 Å². The molecule has 0 spiro atoms. The van der Waals surface area contributed by atoms with E-state index >= 15 is 0 Å². The topological polar surface area (TPSA) is 94.4 Å². The fraction of sp³-hybridized carbons (Fsp3) is 0.211. The molecule has 28 heavy (non-hydrogen) atoms. The van der Waals surface area contributed by atoms with Gasteiger partial charge in [-0.15, -0.1) is 0 Å². The summed E-state index contributed by atoms with van der Waals surface area (Å²) in [7, 11) is 0. The highest BCUT2D eigenvalue weighted by atomic mass is 35.5. The third-order valence-electron chi connectivity index (χ3n) is 4.63. The smallest absolute Gasteiger partial charge is 0.263 e. The van der Waals surface area contributed by atoms with E-state index in [9.17, 15) is 14.4 Å². The Morgan fingerprint density at radius 2 is 1.89 bits per heavy atom. The number of aryl methyl sites for hydroxylation is 1. The average Bonchev–Trinajstić information content (AvgIpc) is 3.18. The number of nitrogens with one attached hydrogen (secondary N) is 1. The fourth-order valence-corrected chi connectivity index (χ4v) is 3.37. The number of hydrogen-bond acceptors (Lipinski definition) is 6. The number of nitrogens with zero attached hydrogens (tertiary/aromatic N) is 4. The highest BCUT2D eigenvalue weighted by Crippen LogP contribution is 2.33. The molecular weight excluding hydrogens is 382 g/mol. The minimum Gasteiger partial charge on any atom is -0.324 e. The molecule has 142 valence electrons. The number of carbonyl (C=O) groups is 3. The number of anilines is 2. The van der Waals surface area contributed by atoms with Crippen molar-refractivity contribution in [1.82, 2.24) is 5.01 Å². The Balaban J connectivity index is 1.51. The first kappa shape index (κ1) is 18.1. The van der Waals surface area contributed by atoms with Crippen molar-refractivity contribution in [3.05, 3.63) is 59.1 Å². The van der Waals surface area contributed by atoms with Crippen molar-refractivity contribution < 1.29 is 14.4 Å². The van der Waals surface area contributed by atoms with E-state index in [-0.39, 0.29) is 12.5 Å². The summed E-state index contributed by atoms with van der Waals surface area (Å²) < 4.78 is 0. The Kier molecular flexibility index (Phi) is 4.56. The molecule has 2 heterocycles. The third kappa shape index (κ3) is 3.11. The van der Waals surface area contributed by atoms with E-state index in [1.54, 1.807) is 42.5 Å². The molecule has 2 aliphatic rings. The number of halogens is 1. The van der Waals surface area contributed by atoms with Crippen molar-refractivity contribution in [2.24, 2.45) is 10.3 Å². The monoisotopic (exact) mass is 397 g/mol. The van der Waals surface area contributed by atoms with Crippen LogP contribution in [-0.4, -0.2) is 41.4 Å². The van der Waals surface area contributed by atoms with Crippen LogP contribution >= 0.6 is 11.6 Å². The maximum atomic E-state index is 12.9. The van der Waals surface area contributed by atoms with E-state index in [1.807, 2.05) is 13.0 Å². The van der Waals surface area contributed by atoms with E-state index < -0.39 is 23.9 Å². The number of para-hydroxylation sites is 1. The maximum Gasteiger partial charge on any atom is 0.263 e. The van der Waals surface area contributed by atoms with Gasteiger partial charge in [-0.05, 0) is 36.8 Å². The number of rotatable bonds is 4. The SMILES string of the molecule is Cc1ccc(N2C(=O)[C@@H]3[C@@H](N=NN3CC(=O)Nc3ccccc3)C2=O)cc1Cl. The van der Waals surface area contributed by atoms with E-state index in [2.05, 4.69) is 15.7 Å². The lowest BCUT2D eigenvalue weighted by Gasteiger charge is -2.20. The van der Waals surface area contributed by atoms with Gasteiger partial charge in [0.2, 0.25) is 5.91 Å². The van der Waals surface area contributed by atoms with Gasteiger partial charge in [-0.3, -0.25) is 19.4 Å². The minimum atomic E-state index is -0.961. The van der Waals surface area contributed by atoms with Gasteiger partial charge in [-0.25, -0.2) is 4.90 Å². The third-order valence-corrected chi connectivity index (χ3v) is 5.04. The first-order chi connectivity index (χ1) is 13.5. The molecule has 0 aromatic heterocycles. The summed E-state index contributed by atoms with van der Waals surface area (Å²) in [5, 5.41) is 12.2. The molecule has 3 amide bonds. The van der Waals surface area contributed by atoms with Gasteiger partial charge in [-0.1, -0.05) is 41.1 Å². The predicted octanol–water partition coefficient (Wildman–Crippen LogP) is 2.58. The van der Waals surface area contributed by atoms with Gasteiger partial charge < -0.3 is 5.32 Å². The number of amides is 3. The first-order valence-corrected chi connectivity index (χ1v) is 9.00. The average molecular weight is 398 g/mol. The van der Waals surface area contributed by atoms with Gasteiger partial charge >= 0.3 is 0 Å². The van der Waals surface area contributed by atoms with Crippen LogP contribution in [0.2, 0.25) is 5.02 Å². The van der Waals surface area contributed by atoms with Gasteiger partial charge in [0, 0.05) is 10.7 Å². The summed E-state index contributed by atoms with van der Waals surface area (Å²) in [5.41, 5.74) is 1.84. The van der Waals surface area contributed by atoms with Crippen LogP contribution in [-0.2, 0) is 14.4 Å². The number of benzene rings is 2. The molecule has 1 N–H and O–H groups in total. The lowest BCUT2D eigenvalue weighted by Crippen LogP contribution is -2.43. The zero-order valence-corrected chi connectivity index (χ0v) is 15.6. The van der Waals surface area contributed by atoms with E-state index in [0.29, 0.717) is 16.4 Å². The first-order valence-electron chi connectivity index (χ1n) is 8.62. The van der Waals surface area contributed by atoms with Crippen LogP contribution in [0.3, 0.4) is 0 Å². The van der Waals surface area contributed by atoms with Crippen LogP contribution in [0.4, 0.5) is 11.4 Å². The van der Waals surface area contributed by atoms with E-state index in [4.69, 9.17) is 11.6 Å². The predicted molar refractivity (Wildman–Crippen MR) is 103 cm³/mol. The molecule has 9 heteroatoms. The van der Waals surface area contributed by atoms with Crippen molar-refractivity contribution in [2.45, 2.75) is 19.0 Å². The number of hydrogen-bond donors (Lipinski definition) is 1. The van der Waals surface area contributed by atoms with Crippen molar-refractivity contribution in [1.29, 1.82) is 0 Å². The number of carbonyl (C=O) groups excluding carboxylic acids is 3. The number of imide groups is 1. The van der Waals surface area contributed by atoms with Crippen LogP contribution < -0.4 is 10.2 Å². The van der Waals surface area contributed by atoms with Gasteiger partial charge in [-0.2, -0.15) is 5.11 Å². The molecule has 8 nitrogen and oxygen atoms in total. The second kappa shape index (κ2) is 7.05. The van der Waals surface area contributed by atoms with Crippen LogP contribution in [0.25, 0.3) is 0 Å². The Labute approximate surface area is 165 Å². The Hall–Kier alpha value is -3.26. The van der Waals surface area contributed by atoms with Crippen LogP contribution in [0.5, 0.6) is 0 Å². The van der Waals surface area contributed by atoms with Crippen molar-refractivity contribution in [3.8, 4) is 0 Å². The molecule has 0 saturated carbocycles. The van der Waals surface area contributed by atoms with E-state index in [1.165, 1.54) is 5.01 Å². The summed E-state index contributed by atoms with van der Waals surface area (Å²) in [5.74, 6) is -1.32. The molecule has 0 radical (unpaired) electrons. The normalized spacial score (nSPS) is 20.6. The molecule has 0 aliphatic carbocycles. The lowest BCUT2D eigenvalue weighted by molar-refractivity contribution is -0.123. The minimum absolute atomic E-state index is 0.193.